The van der Waals surface area contributed by atoms with Crippen LogP contribution in [-0.4, -0.2) is 53.9 Å². The maximum atomic E-state index is 13.3. The predicted octanol–water partition coefficient (Wildman–Crippen LogP) is 4.02. The topological polar surface area (TPSA) is 48.5 Å². The maximum Gasteiger partial charge on any atom is 0.230 e. The van der Waals surface area contributed by atoms with Gasteiger partial charge in [0.15, 0.2) is 11.6 Å². The van der Waals surface area contributed by atoms with Gasteiger partial charge in [0.2, 0.25) is 5.91 Å². The fourth-order valence-electron chi connectivity index (χ4n) is 3.48. The van der Waals surface area contributed by atoms with Gasteiger partial charge in [0, 0.05) is 55.4 Å². The predicted molar refractivity (Wildman–Crippen MR) is 119 cm³/mol. The van der Waals surface area contributed by atoms with E-state index in [0.29, 0.717) is 5.69 Å². The minimum Gasteiger partial charge on any atom is -0.326 e. The van der Waals surface area contributed by atoms with Gasteiger partial charge < -0.3 is 10.2 Å². The van der Waals surface area contributed by atoms with Crippen molar-refractivity contribution in [2.45, 2.75) is 13.0 Å². The van der Waals surface area contributed by atoms with Gasteiger partial charge in [0.05, 0.1) is 12.1 Å². The first-order valence-corrected chi connectivity index (χ1v) is 11.0. The average Bonchev–Trinajstić information content (AvgIpc) is 3.21. The highest BCUT2D eigenvalue weighted by Gasteiger charge is 2.14. The molecule has 4 rings (SSSR count). The van der Waals surface area contributed by atoms with Crippen molar-refractivity contribution >= 4 is 22.9 Å². The van der Waals surface area contributed by atoms with E-state index < -0.39 is 11.6 Å². The van der Waals surface area contributed by atoms with Crippen LogP contribution in [0.4, 0.5) is 14.5 Å². The van der Waals surface area contributed by atoms with Crippen LogP contribution in [0.3, 0.4) is 0 Å². The Morgan fingerprint density at radius 1 is 1.06 bits per heavy atom. The van der Waals surface area contributed by atoms with Crippen molar-refractivity contribution in [1.29, 1.82) is 0 Å². The van der Waals surface area contributed by atoms with E-state index in [1.54, 1.807) is 0 Å². The highest BCUT2D eigenvalue weighted by molar-refractivity contribution is 7.13. The molecule has 2 heterocycles. The standard InChI is InChI=1S/C23H24F2N4OS/c1-28-8-10-29(11-9-28)14-16-2-4-17(5-3-16)23-27-19(15-31-23)13-22(30)26-18-6-7-20(24)21(25)12-18/h2-7,12,15H,8-11,13-14H2,1H3,(H,26,30). The minimum absolute atomic E-state index is 0.0665. The molecular weight excluding hydrogens is 418 g/mol. The van der Waals surface area contributed by atoms with Crippen molar-refractivity contribution in [1.82, 2.24) is 14.8 Å². The van der Waals surface area contributed by atoms with Crippen molar-refractivity contribution in [2.75, 3.05) is 38.5 Å². The van der Waals surface area contributed by atoms with Gasteiger partial charge in [-0.15, -0.1) is 11.3 Å². The molecule has 1 N–H and O–H groups in total. The van der Waals surface area contributed by atoms with Gasteiger partial charge in [-0.05, 0) is 24.7 Å². The van der Waals surface area contributed by atoms with Crippen LogP contribution < -0.4 is 5.32 Å². The van der Waals surface area contributed by atoms with Crippen LogP contribution in [0.5, 0.6) is 0 Å². The fraction of sp³-hybridized carbons (Fsp3) is 0.304. The monoisotopic (exact) mass is 442 g/mol. The zero-order valence-corrected chi connectivity index (χ0v) is 18.1. The van der Waals surface area contributed by atoms with E-state index in [-0.39, 0.29) is 18.0 Å². The number of piperazine rings is 1. The summed E-state index contributed by atoms with van der Waals surface area (Å²) in [4.78, 5) is 21.6. The Morgan fingerprint density at radius 2 is 1.81 bits per heavy atom. The van der Waals surface area contributed by atoms with Gasteiger partial charge >= 0.3 is 0 Å². The lowest BCUT2D eigenvalue weighted by Gasteiger charge is -2.32. The third-order valence-electron chi connectivity index (χ3n) is 5.30. The molecule has 0 saturated carbocycles. The van der Waals surface area contributed by atoms with Crippen molar-refractivity contribution in [2.24, 2.45) is 0 Å². The second kappa shape index (κ2) is 9.64. The van der Waals surface area contributed by atoms with Gasteiger partial charge in [-0.1, -0.05) is 24.3 Å². The summed E-state index contributed by atoms with van der Waals surface area (Å²) in [5.41, 5.74) is 3.15. The van der Waals surface area contributed by atoms with Crippen molar-refractivity contribution in [3.8, 4) is 10.6 Å². The molecular formula is C23H24F2N4OS. The van der Waals surface area contributed by atoms with Gasteiger partial charge in [-0.2, -0.15) is 0 Å². The average molecular weight is 443 g/mol. The van der Waals surface area contributed by atoms with Crippen LogP contribution in [0.15, 0.2) is 47.8 Å². The zero-order chi connectivity index (χ0) is 21.8. The Bertz CT molecular complexity index is 1050. The molecule has 2 aromatic carbocycles. The van der Waals surface area contributed by atoms with E-state index in [2.05, 4.69) is 51.4 Å². The summed E-state index contributed by atoms with van der Waals surface area (Å²) < 4.78 is 26.3. The van der Waals surface area contributed by atoms with E-state index in [1.807, 2.05) is 5.38 Å². The summed E-state index contributed by atoms with van der Waals surface area (Å²) in [6.07, 6.45) is 0.0665. The molecule has 1 aromatic heterocycles. The molecule has 162 valence electrons. The summed E-state index contributed by atoms with van der Waals surface area (Å²) in [5, 5.41) is 5.26. The molecule has 8 heteroatoms. The molecule has 1 saturated heterocycles. The molecule has 0 atom stereocenters. The minimum atomic E-state index is -0.996. The molecule has 1 fully saturated rings. The second-order valence-corrected chi connectivity index (χ2v) is 8.63. The van der Waals surface area contributed by atoms with E-state index in [4.69, 9.17) is 0 Å². The van der Waals surface area contributed by atoms with E-state index in [1.165, 1.54) is 23.0 Å². The van der Waals surface area contributed by atoms with Crippen LogP contribution in [-0.2, 0) is 17.8 Å². The Morgan fingerprint density at radius 3 is 2.52 bits per heavy atom. The lowest BCUT2D eigenvalue weighted by molar-refractivity contribution is -0.115. The van der Waals surface area contributed by atoms with E-state index in [0.717, 1.165) is 55.4 Å². The number of rotatable bonds is 6. The normalized spacial score (nSPS) is 15.2. The quantitative estimate of drug-likeness (QED) is 0.627. The SMILES string of the molecule is CN1CCN(Cc2ccc(-c3nc(CC(=O)Nc4ccc(F)c(F)c4)cs3)cc2)CC1. The lowest BCUT2D eigenvalue weighted by atomic mass is 10.1. The Kier molecular flexibility index (Phi) is 6.70. The summed E-state index contributed by atoms with van der Waals surface area (Å²) in [5.74, 6) is -2.27. The molecule has 1 aliphatic heterocycles. The highest BCUT2D eigenvalue weighted by Crippen LogP contribution is 2.25. The summed E-state index contributed by atoms with van der Waals surface area (Å²) in [6, 6.07) is 11.7. The van der Waals surface area contributed by atoms with Crippen LogP contribution in [0.1, 0.15) is 11.3 Å². The molecule has 0 unspecified atom stereocenters. The number of nitrogens with zero attached hydrogens (tertiary/aromatic N) is 3. The number of halogens is 2. The highest BCUT2D eigenvalue weighted by atomic mass is 32.1. The number of benzene rings is 2. The summed E-state index contributed by atoms with van der Waals surface area (Å²) in [6.45, 7) is 5.32. The first kappa shape index (κ1) is 21.5. The lowest BCUT2D eigenvalue weighted by Crippen LogP contribution is -2.43. The first-order valence-electron chi connectivity index (χ1n) is 10.2. The summed E-state index contributed by atoms with van der Waals surface area (Å²) >= 11 is 1.48. The molecule has 0 radical (unpaired) electrons. The number of anilines is 1. The molecule has 0 aliphatic carbocycles. The number of hydrogen-bond acceptors (Lipinski definition) is 5. The molecule has 1 amide bonds. The Balaban J connectivity index is 1.33. The van der Waals surface area contributed by atoms with Gasteiger partial charge in [-0.3, -0.25) is 9.69 Å². The van der Waals surface area contributed by atoms with Crippen molar-refractivity contribution in [3.63, 3.8) is 0 Å². The number of thiazole rings is 1. The van der Waals surface area contributed by atoms with Crippen LogP contribution in [0.25, 0.3) is 10.6 Å². The molecule has 0 spiro atoms. The zero-order valence-electron chi connectivity index (χ0n) is 17.3. The third kappa shape index (κ3) is 5.72. The molecule has 1 aliphatic rings. The van der Waals surface area contributed by atoms with E-state index in [9.17, 15) is 13.6 Å². The molecule has 3 aromatic rings. The Labute approximate surface area is 184 Å². The number of carbonyl (C=O) groups is 1. The van der Waals surface area contributed by atoms with Crippen molar-refractivity contribution in [3.05, 3.63) is 70.7 Å². The number of nitrogens with one attached hydrogen (secondary N) is 1. The van der Waals surface area contributed by atoms with Crippen LogP contribution >= 0.6 is 11.3 Å². The van der Waals surface area contributed by atoms with E-state index >= 15 is 0 Å². The third-order valence-corrected chi connectivity index (χ3v) is 6.24. The fourth-order valence-corrected chi connectivity index (χ4v) is 4.31. The van der Waals surface area contributed by atoms with Gasteiger partial charge in [-0.25, -0.2) is 13.8 Å². The van der Waals surface area contributed by atoms with Crippen LogP contribution in [0.2, 0.25) is 0 Å². The first-order chi connectivity index (χ1) is 15.0. The van der Waals surface area contributed by atoms with Crippen molar-refractivity contribution < 1.29 is 13.6 Å². The van der Waals surface area contributed by atoms with Gasteiger partial charge in [0.25, 0.3) is 0 Å². The maximum absolute atomic E-state index is 13.3. The molecule has 0 bridgehead atoms. The number of hydrogen-bond donors (Lipinski definition) is 1. The van der Waals surface area contributed by atoms with Gasteiger partial charge in [0.1, 0.15) is 5.01 Å². The smallest absolute Gasteiger partial charge is 0.230 e. The largest absolute Gasteiger partial charge is 0.326 e. The number of carbonyl (C=O) groups excluding carboxylic acids is 1. The number of aromatic nitrogens is 1. The number of likely N-dealkylation sites (N-methyl/N-ethyl adjacent to an activating group) is 1. The number of amides is 1. The Hall–Kier alpha value is -2.68. The second-order valence-electron chi connectivity index (χ2n) is 7.77. The molecule has 31 heavy (non-hydrogen) atoms. The van der Waals surface area contributed by atoms with Crippen LogP contribution in [0, 0.1) is 11.6 Å². The molecule has 5 nitrogen and oxygen atoms in total. The summed E-state index contributed by atoms with van der Waals surface area (Å²) in [7, 11) is 2.15.